The predicted molar refractivity (Wildman–Crippen MR) is 80.1 cm³/mol. The van der Waals surface area contributed by atoms with Crippen molar-refractivity contribution in [2.24, 2.45) is 7.05 Å². The Hall–Kier alpha value is -2.42. The van der Waals surface area contributed by atoms with Crippen LogP contribution in [0.4, 0.5) is 0 Å². The van der Waals surface area contributed by atoms with Crippen molar-refractivity contribution >= 4 is 17.2 Å². The molecule has 3 nitrogen and oxygen atoms in total. The van der Waals surface area contributed by atoms with Crippen LogP contribution in [0, 0.1) is 6.92 Å². The van der Waals surface area contributed by atoms with Crippen LogP contribution in [0.5, 0.6) is 0 Å². The number of aromatic nitrogens is 3. The van der Waals surface area contributed by atoms with Crippen LogP contribution in [0.1, 0.15) is 11.4 Å². The largest absolute Gasteiger partial charge is 0.303 e. The van der Waals surface area contributed by atoms with Crippen molar-refractivity contribution in [3.63, 3.8) is 0 Å². The minimum atomic E-state index is 0.933. The number of aryl methyl sites for hydroxylation is 2. The van der Waals surface area contributed by atoms with Gasteiger partial charge in [-0.1, -0.05) is 6.08 Å². The van der Waals surface area contributed by atoms with Gasteiger partial charge in [0.25, 0.3) is 0 Å². The average Bonchev–Trinajstić information content (AvgIpc) is 2.99. The molecule has 0 amide bonds. The molecule has 1 aliphatic heterocycles. The van der Waals surface area contributed by atoms with Crippen LogP contribution < -0.4 is 4.57 Å². The van der Waals surface area contributed by atoms with Gasteiger partial charge in [-0.15, -0.1) is 0 Å². The van der Waals surface area contributed by atoms with E-state index in [1.165, 1.54) is 22.3 Å². The summed E-state index contributed by atoms with van der Waals surface area (Å²) in [5, 5.41) is 0. The number of imidazole rings is 1. The summed E-state index contributed by atoms with van der Waals surface area (Å²) in [5.41, 5.74) is 6.04. The summed E-state index contributed by atoms with van der Waals surface area (Å²) < 4.78 is 4.35. The SMILES string of the molecule is Cc1cc2nc3n(c2cc1-c1cccc[n+]1C)C=CC3. The molecule has 1 aromatic carbocycles. The van der Waals surface area contributed by atoms with Gasteiger partial charge in [0.15, 0.2) is 6.20 Å². The van der Waals surface area contributed by atoms with Crippen molar-refractivity contribution in [1.82, 2.24) is 9.55 Å². The maximum Gasteiger partial charge on any atom is 0.212 e. The minimum absolute atomic E-state index is 0.933. The van der Waals surface area contributed by atoms with Crippen molar-refractivity contribution in [3.8, 4) is 11.3 Å². The topological polar surface area (TPSA) is 21.7 Å². The molecule has 3 heterocycles. The normalized spacial score (nSPS) is 13.1. The first-order chi connectivity index (χ1) is 9.74. The van der Waals surface area contributed by atoms with Crippen LogP contribution in [0.3, 0.4) is 0 Å². The Kier molecular flexibility index (Phi) is 2.30. The van der Waals surface area contributed by atoms with Gasteiger partial charge in [0.1, 0.15) is 12.9 Å². The van der Waals surface area contributed by atoms with Gasteiger partial charge in [-0.05, 0) is 30.7 Å². The molecule has 0 bridgehead atoms. The van der Waals surface area contributed by atoms with E-state index >= 15 is 0 Å². The van der Waals surface area contributed by atoms with Crippen molar-refractivity contribution in [1.29, 1.82) is 0 Å². The summed E-state index contributed by atoms with van der Waals surface area (Å²) in [6.45, 7) is 2.15. The van der Waals surface area contributed by atoms with Crippen LogP contribution in [0.15, 0.2) is 42.6 Å². The molecule has 4 rings (SSSR count). The molecule has 0 saturated heterocycles. The third kappa shape index (κ3) is 1.53. The van der Waals surface area contributed by atoms with E-state index < -0.39 is 0 Å². The minimum Gasteiger partial charge on any atom is -0.303 e. The Morgan fingerprint density at radius 3 is 3.00 bits per heavy atom. The smallest absolute Gasteiger partial charge is 0.212 e. The second-order valence-corrected chi connectivity index (χ2v) is 5.34. The molecule has 2 aromatic heterocycles. The molecule has 0 unspecified atom stereocenters. The Morgan fingerprint density at radius 2 is 2.15 bits per heavy atom. The van der Waals surface area contributed by atoms with Crippen molar-refractivity contribution in [2.75, 3.05) is 0 Å². The second-order valence-electron chi connectivity index (χ2n) is 5.34. The first-order valence-corrected chi connectivity index (χ1v) is 6.87. The van der Waals surface area contributed by atoms with E-state index in [-0.39, 0.29) is 0 Å². The zero-order valence-electron chi connectivity index (χ0n) is 11.7. The highest BCUT2D eigenvalue weighted by Crippen LogP contribution is 2.28. The summed E-state index contributed by atoms with van der Waals surface area (Å²) in [6, 6.07) is 10.7. The van der Waals surface area contributed by atoms with E-state index in [9.17, 15) is 0 Å². The Labute approximate surface area is 117 Å². The molecule has 3 aromatic rings. The molecule has 3 heteroatoms. The molecule has 0 fully saturated rings. The first kappa shape index (κ1) is 11.4. The molecule has 0 N–H and O–H groups in total. The fraction of sp³-hybridized carbons (Fsp3) is 0.176. The van der Waals surface area contributed by atoms with Crippen LogP contribution in [0.2, 0.25) is 0 Å². The Balaban J connectivity index is 2.03. The van der Waals surface area contributed by atoms with E-state index in [0.29, 0.717) is 0 Å². The molecular weight excluding hydrogens is 246 g/mol. The first-order valence-electron chi connectivity index (χ1n) is 6.87. The quantitative estimate of drug-likeness (QED) is 0.618. The fourth-order valence-corrected chi connectivity index (χ4v) is 2.95. The number of hydrogen-bond acceptors (Lipinski definition) is 1. The van der Waals surface area contributed by atoms with Gasteiger partial charge >= 0.3 is 0 Å². The monoisotopic (exact) mass is 262 g/mol. The number of benzene rings is 1. The standard InChI is InChI=1S/C17H16N3/c1-12-10-14-16(20-9-5-7-17(20)18-14)11-13(12)15-6-3-4-8-19(15)2/h3-6,8-11H,7H2,1-2H3/q+1. The lowest BCUT2D eigenvalue weighted by Gasteiger charge is -2.05. The highest BCUT2D eigenvalue weighted by atomic mass is 15.1. The Morgan fingerprint density at radius 1 is 1.25 bits per heavy atom. The zero-order valence-corrected chi connectivity index (χ0v) is 11.7. The molecule has 0 atom stereocenters. The summed E-state index contributed by atoms with van der Waals surface area (Å²) in [4.78, 5) is 4.70. The zero-order chi connectivity index (χ0) is 13.7. The van der Waals surface area contributed by atoms with Crippen molar-refractivity contribution in [3.05, 3.63) is 54.0 Å². The summed E-state index contributed by atoms with van der Waals surface area (Å²) in [5.74, 6) is 1.13. The molecule has 20 heavy (non-hydrogen) atoms. The number of hydrogen-bond donors (Lipinski definition) is 0. The fourth-order valence-electron chi connectivity index (χ4n) is 2.95. The molecule has 0 spiro atoms. The maximum atomic E-state index is 4.70. The summed E-state index contributed by atoms with van der Waals surface area (Å²) >= 11 is 0. The average molecular weight is 262 g/mol. The maximum absolute atomic E-state index is 4.70. The molecule has 98 valence electrons. The number of allylic oxidation sites excluding steroid dienone is 1. The van der Waals surface area contributed by atoms with E-state index in [2.05, 4.69) is 71.9 Å². The predicted octanol–water partition coefficient (Wildman–Crippen LogP) is 2.86. The van der Waals surface area contributed by atoms with Crippen LogP contribution in [0.25, 0.3) is 28.5 Å². The van der Waals surface area contributed by atoms with Gasteiger partial charge in [0.2, 0.25) is 5.69 Å². The van der Waals surface area contributed by atoms with Gasteiger partial charge in [0.05, 0.1) is 16.6 Å². The van der Waals surface area contributed by atoms with Gasteiger partial charge in [-0.25, -0.2) is 9.55 Å². The third-order valence-corrected chi connectivity index (χ3v) is 3.99. The molecule has 0 radical (unpaired) electrons. The van der Waals surface area contributed by atoms with E-state index in [1.54, 1.807) is 0 Å². The van der Waals surface area contributed by atoms with Crippen LogP contribution >= 0.6 is 0 Å². The number of rotatable bonds is 1. The van der Waals surface area contributed by atoms with Crippen molar-refractivity contribution in [2.45, 2.75) is 13.3 Å². The van der Waals surface area contributed by atoms with E-state index in [4.69, 9.17) is 4.98 Å². The highest BCUT2D eigenvalue weighted by molar-refractivity contribution is 5.85. The van der Waals surface area contributed by atoms with Gasteiger partial charge < -0.3 is 4.57 Å². The number of fused-ring (bicyclic) bond motifs is 3. The number of pyridine rings is 1. The summed E-state index contributed by atoms with van der Waals surface area (Å²) in [6.07, 6.45) is 7.29. The van der Waals surface area contributed by atoms with Crippen LogP contribution in [-0.4, -0.2) is 9.55 Å². The second kappa shape index (κ2) is 4.04. The lowest BCUT2D eigenvalue weighted by atomic mass is 10.0. The van der Waals surface area contributed by atoms with Gasteiger partial charge in [0, 0.05) is 24.8 Å². The van der Waals surface area contributed by atoms with Gasteiger partial charge in [-0.2, -0.15) is 0 Å². The lowest BCUT2D eigenvalue weighted by Crippen LogP contribution is -2.30. The van der Waals surface area contributed by atoms with Crippen molar-refractivity contribution < 1.29 is 4.57 Å². The Bertz CT molecular complexity index is 856. The molecule has 1 aliphatic rings. The molecular formula is C17H16N3+. The van der Waals surface area contributed by atoms with E-state index in [1.807, 2.05) is 0 Å². The van der Waals surface area contributed by atoms with E-state index in [0.717, 1.165) is 17.8 Å². The molecule has 0 aliphatic carbocycles. The highest BCUT2D eigenvalue weighted by Gasteiger charge is 2.17. The van der Waals surface area contributed by atoms with Crippen LogP contribution in [-0.2, 0) is 13.5 Å². The number of nitrogens with zero attached hydrogens (tertiary/aromatic N) is 3. The lowest BCUT2D eigenvalue weighted by molar-refractivity contribution is -0.660. The summed E-state index contributed by atoms with van der Waals surface area (Å²) in [7, 11) is 2.08. The third-order valence-electron chi connectivity index (χ3n) is 3.99. The molecule has 0 saturated carbocycles. The van der Waals surface area contributed by atoms with Gasteiger partial charge in [-0.3, -0.25) is 0 Å².